The molecule has 0 aromatic heterocycles. The van der Waals surface area contributed by atoms with Gasteiger partial charge in [0.1, 0.15) is 0 Å². The van der Waals surface area contributed by atoms with Gasteiger partial charge in [-0.2, -0.15) is 0 Å². The third-order valence-corrected chi connectivity index (χ3v) is 1.78. The van der Waals surface area contributed by atoms with Gasteiger partial charge in [0.05, 0.1) is 0 Å². The zero-order valence-electron chi connectivity index (χ0n) is 7.47. The Hall–Kier alpha value is -0.570. The van der Waals surface area contributed by atoms with Gasteiger partial charge in [-0.05, 0) is 31.2 Å². The number of hydrogen-bond acceptors (Lipinski definition) is 2. The first-order valence-electron chi connectivity index (χ1n) is 3.77. The summed E-state index contributed by atoms with van der Waals surface area (Å²) >= 11 is 5.85. The standard InChI is InChI=1S/C8H10ClN.CH5N/c1-6-2-3-7(5-10)8(9)4-6;1-2/h2-4H,5,10H2,1H3;2H2,1H3. The molecule has 0 aliphatic carbocycles. The minimum atomic E-state index is 0.513. The van der Waals surface area contributed by atoms with Crippen molar-refractivity contribution in [2.75, 3.05) is 7.05 Å². The molecule has 1 rings (SSSR count). The van der Waals surface area contributed by atoms with Crippen molar-refractivity contribution in [2.45, 2.75) is 13.5 Å². The van der Waals surface area contributed by atoms with Crippen molar-refractivity contribution < 1.29 is 0 Å². The third-order valence-electron chi connectivity index (χ3n) is 1.43. The minimum Gasteiger partial charge on any atom is -0.333 e. The second-order valence-electron chi connectivity index (χ2n) is 2.30. The molecule has 0 fully saturated rings. The lowest BCUT2D eigenvalue weighted by Gasteiger charge is -2.00. The summed E-state index contributed by atoms with van der Waals surface area (Å²) < 4.78 is 0. The maximum atomic E-state index is 5.85. The first-order valence-corrected chi connectivity index (χ1v) is 4.14. The van der Waals surface area contributed by atoms with Gasteiger partial charge in [-0.3, -0.25) is 0 Å². The van der Waals surface area contributed by atoms with Crippen molar-refractivity contribution in [2.24, 2.45) is 11.5 Å². The van der Waals surface area contributed by atoms with E-state index in [2.05, 4.69) is 5.73 Å². The molecule has 1 aromatic rings. The molecule has 0 unspecified atom stereocenters. The van der Waals surface area contributed by atoms with Crippen molar-refractivity contribution in [3.63, 3.8) is 0 Å². The fraction of sp³-hybridized carbons (Fsp3) is 0.333. The zero-order chi connectivity index (χ0) is 9.56. The second-order valence-corrected chi connectivity index (χ2v) is 2.71. The molecule has 0 atom stereocenters. The monoisotopic (exact) mass is 186 g/mol. The molecule has 12 heavy (non-hydrogen) atoms. The van der Waals surface area contributed by atoms with Crippen LogP contribution in [0.25, 0.3) is 0 Å². The maximum absolute atomic E-state index is 5.85. The summed E-state index contributed by atoms with van der Waals surface area (Å²) in [7, 11) is 1.50. The van der Waals surface area contributed by atoms with Gasteiger partial charge >= 0.3 is 0 Å². The summed E-state index contributed by atoms with van der Waals surface area (Å²) in [5.41, 5.74) is 12.1. The van der Waals surface area contributed by atoms with E-state index in [0.717, 1.165) is 10.6 Å². The van der Waals surface area contributed by atoms with Crippen molar-refractivity contribution in [1.29, 1.82) is 0 Å². The molecule has 0 aliphatic heterocycles. The minimum absolute atomic E-state index is 0.513. The van der Waals surface area contributed by atoms with E-state index in [0.29, 0.717) is 6.54 Å². The van der Waals surface area contributed by atoms with Crippen LogP contribution in [0.4, 0.5) is 0 Å². The van der Waals surface area contributed by atoms with Gasteiger partial charge in [0, 0.05) is 11.6 Å². The number of halogens is 1. The molecular formula is C9H15ClN2. The lowest BCUT2D eigenvalue weighted by atomic mass is 10.1. The molecule has 68 valence electrons. The van der Waals surface area contributed by atoms with E-state index in [1.807, 2.05) is 25.1 Å². The quantitative estimate of drug-likeness (QED) is 0.701. The van der Waals surface area contributed by atoms with Crippen molar-refractivity contribution in [3.05, 3.63) is 34.3 Å². The summed E-state index contributed by atoms with van der Waals surface area (Å²) in [6.45, 7) is 2.52. The van der Waals surface area contributed by atoms with Crippen LogP contribution in [0.1, 0.15) is 11.1 Å². The summed E-state index contributed by atoms with van der Waals surface area (Å²) in [6.07, 6.45) is 0. The molecule has 4 N–H and O–H groups in total. The Balaban J connectivity index is 0.000000561. The largest absolute Gasteiger partial charge is 0.333 e. The van der Waals surface area contributed by atoms with Crippen LogP contribution in [0.5, 0.6) is 0 Å². The summed E-state index contributed by atoms with van der Waals surface area (Å²) in [5.74, 6) is 0. The highest BCUT2D eigenvalue weighted by Crippen LogP contribution is 2.16. The second kappa shape index (κ2) is 6.00. The number of rotatable bonds is 1. The molecular weight excluding hydrogens is 172 g/mol. The average molecular weight is 187 g/mol. The average Bonchev–Trinajstić information content (AvgIpc) is 2.08. The Bertz CT molecular complexity index is 236. The van der Waals surface area contributed by atoms with E-state index in [-0.39, 0.29) is 0 Å². The molecule has 0 saturated heterocycles. The lowest BCUT2D eigenvalue weighted by Crippen LogP contribution is -1.96. The third kappa shape index (κ3) is 3.22. The molecule has 0 spiro atoms. The molecule has 0 aliphatic rings. The fourth-order valence-electron chi connectivity index (χ4n) is 0.818. The first-order chi connectivity index (χ1) is 5.74. The summed E-state index contributed by atoms with van der Waals surface area (Å²) in [6, 6.07) is 5.88. The van der Waals surface area contributed by atoms with Crippen LogP contribution in [0.15, 0.2) is 18.2 Å². The molecule has 0 heterocycles. The van der Waals surface area contributed by atoms with Gasteiger partial charge in [-0.25, -0.2) is 0 Å². The van der Waals surface area contributed by atoms with Crippen LogP contribution in [-0.4, -0.2) is 7.05 Å². The lowest BCUT2D eigenvalue weighted by molar-refractivity contribution is 1.07. The summed E-state index contributed by atoms with van der Waals surface area (Å²) in [5, 5.41) is 0.766. The molecule has 0 saturated carbocycles. The number of aryl methyl sites for hydroxylation is 1. The smallest absolute Gasteiger partial charge is 0.0453 e. The molecule has 1 aromatic carbocycles. The van der Waals surface area contributed by atoms with Gasteiger partial charge in [0.25, 0.3) is 0 Å². The fourth-order valence-corrected chi connectivity index (χ4v) is 1.13. The Labute approximate surface area is 78.5 Å². The van der Waals surface area contributed by atoms with Crippen LogP contribution in [0, 0.1) is 6.92 Å². The molecule has 3 heteroatoms. The maximum Gasteiger partial charge on any atom is 0.0453 e. The van der Waals surface area contributed by atoms with Crippen LogP contribution in [0.2, 0.25) is 5.02 Å². The van der Waals surface area contributed by atoms with E-state index in [1.165, 1.54) is 12.6 Å². The van der Waals surface area contributed by atoms with Crippen molar-refractivity contribution in [3.8, 4) is 0 Å². The first kappa shape index (κ1) is 11.4. The van der Waals surface area contributed by atoms with E-state index >= 15 is 0 Å². The Morgan fingerprint density at radius 1 is 1.33 bits per heavy atom. The topological polar surface area (TPSA) is 52.0 Å². The Kier molecular flexibility index (Phi) is 5.72. The van der Waals surface area contributed by atoms with Gasteiger partial charge < -0.3 is 11.5 Å². The van der Waals surface area contributed by atoms with Crippen molar-refractivity contribution in [1.82, 2.24) is 0 Å². The number of hydrogen-bond donors (Lipinski definition) is 2. The van der Waals surface area contributed by atoms with Crippen molar-refractivity contribution >= 4 is 11.6 Å². The Morgan fingerprint density at radius 2 is 1.92 bits per heavy atom. The van der Waals surface area contributed by atoms with Crippen LogP contribution < -0.4 is 11.5 Å². The van der Waals surface area contributed by atoms with Crippen LogP contribution in [0.3, 0.4) is 0 Å². The van der Waals surface area contributed by atoms with Gasteiger partial charge in [-0.15, -0.1) is 0 Å². The van der Waals surface area contributed by atoms with Gasteiger partial charge in [0.15, 0.2) is 0 Å². The molecule has 0 amide bonds. The normalized spacial score (nSPS) is 8.75. The Morgan fingerprint density at radius 3 is 2.33 bits per heavy atom. The molecule has 0 bridgehead atoms. The predicted molar refractivity (Wildman–Crippen MR) is 54.2 cm³/mol. The highest BCUT2D eigenvalue weighted by Gasteiger charge is 1.95. The van der Waals surface area contributed by atoms with Gasteiger partial charge in [-0.1, -0.05) is 23.7 Å². The van der Waals surface area contributed by atoms with Crippen LogP contribution >= 0.6 is 11.6 Å². The predicted octanol–water partition coefficient (Wildman–Crippen LogP) is 1.68. The molecule has 0 radical (unpaired) electrons. The number of nitrogens with two attached hydrogens (primary N) is 2. The summed E-state index contributed by atoms with van der Waals surface area (Å²) in [4.78, 5) is 0. The van der Waals surface area contributed by atoms with E-state index in [1.54, 1.807) is 0 Å². The van der Waals surface area contributed by atoms with Gasteiger partial charge in [0.2, 0.25) is 0 Å². The zero-order valence-corrected chi connectivity index (χ0v) is 8.23. The molecule has 2 nitrogen and oxygen atoms in total. The number of benzene rings is 1. The highest BCUT2D eigenvalue weighted by molar-refractivity contribution is 6.31. The van der Waals surface area contributed by atoms with Crippen LogP contribution in [-0.2, 0) is 6.54 Å². The van der Waals surface area contributed by atoms with E-state index in [9.17, 15) is 0 Å². The van der Waals surface area contributed by atoms with E-state index in [4.69, 9.17) is 17.3 Å². The van der Waals surface area contributed by atoms with E-state index < -0.39 is 0 Å². The SMILES string of the molecule is CN.Cc1ccc(CN)c(Cl)c1. The highest BCUT2D eigenvalue weighted by atomic mass is 35.5.